The minimum Gasteiger partial charge on any atom is -0.468 e. The van der Waals surface area contributed by atoms with Crippen molar-refractivity contribution in [3.8, 4) is 0 Å². The lowest BCUT2D eigenvalue weighted by molar-refractivity contribution is -0.139. The topological polar surface area (TPSA) is 84.5 Å². The molecule has 0 saturated heterocycles. The van der Waals surface area contributed by atoms with Crippen molar-refractivity contribution in [2.75, 3.05) is 19.0 Å². The third kappa shape index (κ3) is 5.73. The minimum atomic E-state index is -0.519. The van der Waals surface area contributed by atoms with Crippen LogP contribution in [0.1, 0.15) is 35.2 Å². The van der Waals surface area contributed by atoms with Crippen LogP contribution in [0.3, 0.4) is 0 Å². The molecule has 0 aliphatic rings. The number of amides is 2. The van der Waals surface area contributed by atoms with Gasteiger partial charge in [-0.25, -0.2) is 0 Å². The van der Waals surface area contributed by atoms with Gasteiger partial charge in [0.15, 0.2) is 0 Å². The summed E-state index contributed by atoms with van der Waals surface area (Å²) in [5.41, 5.74) is 2.12. The molecule has 2 amide bonds. The van der Waals surface area contributed by atoms with Crippen LogP contribution in [-0.2, 0) is 14.3 Å². The smallest absolute Gasteiger partial charge is 0.325 e. The van der Waals surface area contributed by atoms with Crippen molar-refractivity contribution >= 4 is 23.5 Å². The van der Waals surface area contributed by atoms with Crippen molar-refractivity contribution in [3.05, 3.63) is 65.7 Å². The Morgan fingerprint density at radius 2 is 1.65 bits per heavy atom. The third-order valence-corrected chi connectivity index (χ3v) is 3.91. The number of nitrogens with one attached hydrogen (secondary N) is 2. The van der Waals surface area contributed by atoms with Crippen LogP contribution in [0.4, 0.5) is 5.69 Å². The quantitative estimate of drug-likeness (QED) is 0.749. The maximum absolute atomic E-state index is 12.2. The first-order valence-electron chi connectivity index (χ1n) is 8.29. The highest BCUT2D eigenvalue weighted by atomic mass is 16.5. The van der Waals surface area contributed by atoms with Crippen LogP contribution in [0, 0.1) is 0 Å². The van der Waals surface area contributed by atoms with E-state index in [-0.39, 0.29) is 24.3 Å². The molecule has 1 atom stereocenters. The Bertz CT molecular complexity index is 757. The standard InChI is InChI=1S/C20H22N2O4/c1-14(15-6-4-3-5-7-15)12-18(23)22-17-10-8-16(9-11-17)20(25)21-13-19(24)26-2/h3-11,14H,12-13H2,1-2H3,(H,21,25)(H,22,23). The van der Waals surface area contributed by atoms with Gasteiger partial charge in [0.2, 0.25) is 5.91 Å². The molecule has 6 nitrogen and oxygen atoms in total. The van der Waals surface area contributed by atoms with E-state index in [9.17, 15) is 14.4 Å². The number of anilines is 1. The second kappa shape index (κ2) is 9.36. The Balaban J connectivity index is 1.87. The summed E-state index contributed by atoms with van der Waals surface area (Å²) in [6.45, 7) is 1.81. The molecule has 0 aliphatic heterocycles. The molecule has 2 N–H and O–H groups in total. The Kier molecular flexibility index (Phi) is 6.91. The van der Waals surface area contributed by atoms with E-state index in [2.05, 4.69) is 15.4 Å². The van der Waals surface area contributed by atoms with Gasteiger partial charge in [0.05, 0.1) is 7.11 Å². The number of esters is 1. The van der Waals surface area contributed by atoms with E-state index >= 15 is 0 Å². The maximum atomic E-state index is 12.2. The molecular weight excluding hydrogens is 332 g/mol. The first kappa shape index (κ1) is 19.2. The van der Waals surface area contributed by atoms with Crippen molar-refractivity contribution in [2.45, 2.75) is 19.3 Å². The zero-order valence-corrected chi connectivity index (χ0v) is 14.8. The predicted octanol–water partition coefficient (Wildman–Crippen LogP) is 2.72. The lowest BCUT2D eigenvalue weighted by Gasteiger charge is -2.12. The van der Waals surface area contributed by atoms with E-state index in [0.717, 1.165) is 5.56 Å². The highest BCUT2D eigenvalue weighted by Crippen LogP contribution is 2.19. The maximum Gasteiger partial charge on any atom is 0.325 e. The number of rotatable bonds is 7. The zero-order chi connectivity index (χ0) is 18.9. The van der Waals surface area contributed by atoms with Gasteiger partial charge in [0, 0.05) is 17.7 Å². The summed E-state index contributed by atoms with van der Waals surface area (Å²) in [5.74, 6) is -0.885. The lowest BCUT2D eigenvalue weighted by Crippen LogP contribution is -2.30. The summed E-state index contributed by atoms with van der Waals surface area (Å²) >= 11 is 0. The Labute approximate surface area is 152 Å². The second-order valence-corrected chi connectivity index (χ2v) is 5.90. The molecule has 0 heterocycles. The van der Waals surface area contributed by atoms with Crippen LogP contribution in [0.25, 0.3) is 0 Å². The van der Waals surface area contributed by atoms with Crippen LogP contribution >= 0.6 is 0 Å². The lowest BCUT2D eigenvalue weighted by atomic mass is 9.97. The summed E-state index contributed by atoms with van der Waals surface area (Å²) in [4.78, 5) is 35.1. The van der Waals surface area contributed by atoms with E-state index in [0.29, 0.717) is 17.7 Å². The van der Waals surface area contributed by atoms with Crippen molar-refractivity contribution in [2.24, 2.45) is 0 Å². The molecule has 0 radical (unpaired) electrons. The van der Waals surface area contributed by atoms with Crippen LogP contribution in [0.5, 0.6) is 0 Å². The van der Waals surface area contributed by atoms with Crippen LogP contribution in [0.2, 0.25) is 0 Å². The summed E-state index contributed by atoms with van der Waals surface area (Å²) in [6.07, 6.45) is 0.366. The van der Waals surface area contributed by atoms with Gasteiger partial charge in [-0.1, -0.05) is 37.3 Å². The summed E-state index contributed by atoms with van der Waals surface area (Å²) in [6, 6.07) is 16.3. The Morgan fingerprint density at radius 3 is 2.27 bits per heavy atom. The van der Waals surface area contributed by atoms with Crippen molar-refractivity contribution in [1.29, 1.82) is 0 Å². The first-order chi connectivity index (χ1) is 12.5. The van der Waals surface area contributed by atoms with Gasteiger partial charge in [0.1, 0.15) is 6.54 Å². The zero-order valence-electron chi connectivity index (χ0n) is 14.8. The van der Waals surface area contributed by atoms with Gasteiger partial charge in [-0.2, -0.15) is 0 Å². The molecular formula is C20H22N2O4. The van der Waals surface area contributed by atoms with Crippen LogP contribution in [-0.4, -0.2) is 31.4 Å². The first-order valence-corrected chi connectivity index (χ1v) is 8.29. The molecule has 0 saturated carbocycles. The SMILES string of the molecule is COC(=O)CNC(=O)c1ccc(NC(=O)CC(C)c2ccccc2)cc1. The molecule has 26 heavy (non-hydrogen) atoms. The van der Waals surface area contributed by atoms with Gasteiger partial charge in [-0.3, -0.25) is 14.4 Å². The Hall–Kier alpha value is -3.15. The average molecular weight is 354 g/mol. The Morgan fingerprint density at radius 1 is 1.00 bits per heavy atom. The second-order valence-electron chi connectivity index (χ2n) is 5.90. The van der Waals surface area contributed by atoms with E-state index in [1.807, 2.05) is 37.3 Å². The van der Waals surface area contributed by atoms with Crippen molar-refractivity contribution < 1.29 is 19.1 Å². The number of carbonyl (C=O) groups excluding carboxylic acids is 3. The molecule has 0 fully saturated rings. The molecule has 6 heteroatoms. The van der Waals surface area contributed by atoms with Crippen molar-refractivity contribution in [1.82, 2.24) is 5.32 Å². The summed E-state index contributed by atoms with van der Waals surface area (Å²) in [5, 5.41) is 5.28. The predicted molar refractivity (Wildman–Crippen MR) is 98.9 cm³/mol. The molecule has 1 unspecified atom stereocenters. The molecule has 0 bridgehead atoms. The summed E-state index contributed by atoms with van der Waals surface area (Å²) in [7, 11) is 1.25. The largest absolute Gasteiger partial charge is 0.468 e. The molecule has 136 valence electrons. The number of ether oxygens (including phenoxy) is 1. The molecule has 2 aromatic carbocycles. The van der Waals surface area contributed by atoms with Gasteiger partial charge in [-0.15, -0.1) is 0 Å². The molecule has 0 spiro atoms. The monoisotopic (exact) mass is 354 g/mol. The van der Waals surface area contributed by atoms with Crippen molar-refractivity contribution in [3.63, 3.8) is 0 Å². The molecule has 2 rings (SSSR count). The van der Waals surface area contributed by atoms with Gasteiger partial charge in [-0.05, 0) is 35.7 Å². The highest BCUT2D eigenvalue weighted by molar-refractivity contribution is 5.97. The number of hydrogen-bond donors (Lipinski definition) is 2. The van der Waals surface area contributed by atoms with E-state index in [1.165, 1.54) is 7.11 Å². The third-order valence-electron chi connectivity index (χ3n) is 3.91. The number of hydrogen-bond acceptors (Lipinski definition) is 4. The fraction of sp³-hybridized carbons (Fsp3) is 0.250. The fourth-order valence-electron chi connectivity index (χ4n) is 2.42. The van der Waals surface area contributed by atoms with E-state index < -0.39 is 5.97 Å². The molecule has 0 aliphatic carbocycles. The van der Waals surface area contributed by atoms with Gasteiger partial charge < -0.3 is 15.4 Å². The molecule has 0 aromatic heterocycles. The number of carbonyl (C=O) groups is 3. The fourth-order valence-corrected chi connectivity index (χ4v) is 2.42. The highest BCUT2D eigenvalue weighted by Gasteiger charge is 2.12. The van der Waals surface area contributed by atoms with Gasteiger partial charge in [0.25, 0.3) is 5.91 Å². The number of methoxy groups -OCH3 is 1. The molecule has 2 aromatic rings. The summed E-state index contributed by atoms with van der Waals surface area (Å²) < 4.78 is 4.46. The van der Waals surface area contributed by atoms with E-state index in [1.54, 1.807) is 24.3 Å². The normalized spacial score (nSPS) is 11.3. The van der Waals surface area contributed by atoms with E-state index in [4.69, 9.17) is 0 Å². The van der Waals surface area contributed by atoms with Gasteiger partial charge >= 0.3 is 5.97 Å². The average Bonchev–Trinajstić information content (AvgIpc) is 2.66. The van der Waals surface area contributed by atoms with Crippen LogP contribution < -0.4 is 10.6 Å². The minimum absolute atomic E-state index is 0.0933. The van der Waals surface area contributed by atoms with Crippen LogP contribution in [0.15, 0.2) is 54.6 Å². The number of benzene rings is 2.